The molecule has 0 atom stereocenters. The first-order chi connectivity index (χ1) is 9.21. The lowest BCUT2D eigenvalue weighted by Crippen LogP contribution is -2.16. The Balaban J connectivity index is 2.87. The SMILES string of the molecule is CC(C)OCCOc1ccc(C(N)=S)cc1C(F)(F)F. The standard InChI is InChI=1S/C13H16F3NO2S/c1-8(2)18-5-6-19-11-4-3-9(12(17)20)7-10(11)13(14,15)16/h3-4,7-8H,5-6H2,1-2H3,(H2,17,20). The third kappa shape index (κ3) is 4.97. The molecule has 0 aromatic heterocycles. The predicted molar refractivity (Wildman–Crippen MR) is 73.9 cm³/mol. The number of halogens is 3. The summed E-state index contributed by atoms with van der Waals surface area (Å²) in [6, 6.07) is 3.50. The van der Waals surface area contributed by atoms with Gasteiger partial charge >= 0.3 is 6.18 Å². The van der Waals surface area contributed by atoms with Gasteiger partial charge in [-0.05, 0) is 32.0 Å². The van der Waals surface area contributed by atoms with Gasteiger partial charge in [-0.1, -0.05) is 12.2 Å². The monoisotopic (exact) mass is 307 g/mol. The Morgan fingerprint density at radius 2 is 1.95 bits per heavy atom. The molecule has 0 aliphatic rings. The van der Waals surface area contributed by atoms with Gasteiger partial charge in [0, 0.05) is 5.56 Å². The second-order valence-corrected chi connectivity index (χ2v) is 4.78. The van der Waals surface area contributed by atoms with Gasteiger partial charge in [0.1, 0.15) is 17.3 Å². The fourth-order valence-electron chi connectivity index (χ4n) is 1.47. The van der Waals surface area contributed by atoms with Crippen LogP contribution in [0.5, 0.6) is 5.75 Å². The van der Waals surface area contributed by atoms with Crippen LogP contribution in [0.1, 0.15) is 25.0 Å². The number of hydrogen-bond acceptors (Lipinski definition) is 3. The molecule has 0 radical (unpaired) electrons. The number of hydrogen-bond donors (Lipinski definition) is 1. The van der Waals surface area contributed by atoms with Crippen LogP contribution in [0.15, 0.2) is 18.2 Å². The molecule has 112 valence electrons. The summed E-state index contributed by atoms with van der Waals surface area (Å²) in [6.45, 7) is 3.91. The van der Waals surface area contributed by atoms with Crippen molar-refractivity contribution in [2.45, 2.75) is 26.1 Å². The minimum atomic E-state index is -4.53. The first-order valence-corrected chi connectivity index (χ1v) is 6.38. The molecule has 0 unspecified atom stereocenters. The third-order valence-electron chi connectivity index (χ3n) is 2.36. The Hall–Kier alpha value is -1.34. The van der Waals surface area contributed by atoms with Crippen LogP contribution in [0.3, 0.4) is 0 Å². The Kier molecular flexibility index (Phi) is 5.76. The molecule has 0 amide bonds. The van der Waals surface area contributed by atoms with Gasteiger partial charge < -0.3 is 15.2 Å². The Labute approximate surface area is 120 Å². The molecule has 0 saturated heterocycles. The van der Waals surface area contributed by atoms with E-state index in [1.165, 1.54) is 12.1 Å². The normalized spacial score (nSPS) is 11.7. The van der Waals surface area contributed by atoms with Crippen molar-refractivity contribution >= 4 is 17.2 Å². The van der Waals surface area contributed by atoms with Crippen molar-refractivity contribution in [3.63, 3.8) is 0 Å². The minimum Gasteiger partial charge on any atom is -0.491 e. The summed E-state index contributed by atoms with van der Waals surface area (Å²) in [5.74, 6) is -0.259. The van der Waals surface area contributed by atoms with Crippen LogP contribution >= 0.6 is 12.2 Å². The number of thiocarbonyl (C=S) groups is 1. The molecule has 20 heavy (non-hydrogen) atoms. The number of alkyl halides is 3. The highest BCUT2D eigenvalue weighted by molar-refractivity contribution is 7.80. The largest absolute Gasteiger partial charge is 0.491 e. The maximum Gasteiger partial charge on any atom is 0.419 e. The van der Waals surface area contributed by atoms with Crippen LogP contribution in [0.2, 0.25) is 0 Å². The molecule has 0 heterocycles. The van der Waals surface area contributed by atoms with Gasteiger partial charge in [-0.2, -0.15) is 13.2 Å². The van der Waals surface area contributed by atoms with E-state index in [2.05, 4.69) is 12.2 Å². The Bertz CT molecular complexity index is 475. The van der Waals surface area contributed by atoms with Crippen molar-refractivity contribution in [2.75, 3.05) is 13.2 Å². The van der Waals surface area contributed by atoms with Gasteiger partial charge in [-0.15, -0.1) is 0 Å². The number of rotatable bonds is 6. The molecule has 0 spiro atoms. The first kappa shape index (κ1) is 16.7. The smallest absolute Gasteiger partial charge is 0.419 e. The topological polar surface area (TPSA) is 44.5 Å². The Morgan fingerprint density at radius 1 is 1.30 bits per heavy atom. The summed E-state index contributed by atoms with van der Waals surface area (Å²) >= 11 is 4.67. The molecular formula is C13H16F3NO2S. The van der Waals surface area contributed by atoms with Crippen molar-refractivity contribution in [2.24, 2.45) is 5.73 Å². The van der Waals surface area contributed by atoms with E-state index in [0.29, 0.717) is 0 Å². The van der Waals surface area contributed by atoms with Crippen molar-refractivity contribution in [3.05, 3.63) is 29.3 Å². The lowest BCUT2D eigenvalue weighted by atomic mass is 10.1. The van der Waals surface area contributed by atoms with E-state index in [1.54, 1.807) is 0 Å². The second-order valence-electron chi connectivity index (χ2n) is 4.34. The zero-order valence-corrected chi connectivity index (χ0v) is 12.0. The van der Waals surface area contributed by atoms with E-state index in [9.17, 15) is 13.2 Å². The van der Waals surface area contributed by atoms with Gasteiger partial charge in [-0.3, -0.25) is 0 Å². The average molecular weight is 307 g/mol. The van der Waals surface area contributed by atoms with E-state index in [1.807, 2.05) is 13.8 Å². The summed E-state index contributed by atoms with van der Waals surface area (Å²) in [6.07, 6.45) is -4.53. The van der Waals surface area contributed by atoms with Crippen LogP contribution in [0.25, 0.3) is 0 Å². The number of ether oxygens (including phenoxy) is 2. The van der Waals surface area contributed by atoms with Crippen molar-refractivity contribution < 1.29 is 22.6 Å². The Morgan fingerprint density at radius 3 is 2.45 bits per heavy atom. The summed E-state index contributed by atoms with van der Waals surface area (Å²) < 4.78 is 49.1. The molecule has 2 N–H and O–H groups in total. The fraction of sp³-hybridized carbons (Fsp3) is 0.462. The summed E-state index contributed by atoms with van der Waals surface area (Å²) in [4.78, 5) is -0.0924. The van der Waals surface area contributed by atoms with E-state index in [-0.39, 0.29) is 35.6 Å². The summed E-state index contributed by atoms with van der Waals surface area (Å²) in [5.41, 5.74) is 4.59. The maximum absolute atomic E-state index is 12.9. The molecule has 0 aliphatic heterocycles. The molecule has 1 rings (SSSR count). The van der Waals surface area contributed by atoms with Crippen molar-refractivity contribution in [1.29, 1.82) is 0 Å². The summed E-state index contributed by atoms with van der Waals surface area (Å²) in [5, 5.41) is 0. The quantitative estimate of drug-likeness (QED) is 0.648. The van der Waals surface area contributed by atoms with Crippen LogP contribution in [0.4, 0.5) is 13.2 Å². The molecule has 0 aliphatic carbocycles. The highest BCUT2D eigenvalue weighted by Crippen LogP contribution is 2.36. The van der Waals surface area contributed by atoms with Crippen molar-refractivity contribution in [1.82, 2.24) is 0 Å². The molecule has 1 aromatic carbocycles. The van der Waals surface area contributed by atoms with Crippen LogP contribution in [0, 0.1) is 0 Å². The van der Waals surface area contributed by atoms with Gasteiger partial charge in [0.15, 0.2) is 0 Å². The highest BCUT2D eigenvalue weighted by Gasteiger charge is 2.34. The van der Waals surface area contributed by atoms with Crippen LogP contribution in [-0.4, -0.2) is 24.3 Å². The van der Waals surface area contributed by atoms with E-state index in [4.69, 9.17) is 15.2 Å². The molecule has 3 nitrogen and oxygen atoms in total. The lowest BCUT2D eigenvalue weighted by Gasteiger charge is -2.15. The zero-order chi connectivity index (χ0) is 15.3. The van der Waals surface area contributed by atoms with Crippen LogP contribution < -0.4 is 10.5 Å². The third-order valence-corrected chi connectivity index (χ3v) is 2.60. The van der Waals surface area contributed by atoms with Gasteiger partial charge in [0.05, 0.1) is 18.3 Å². The average Bonchev–Trinajstić information content (AvgIpc) is 2.33. The molecule has 0 bridgehead atoms. The predicted octanol–water partition coefficient (Wildman–Crippen LogP) is 3.14. The molecule has 0 saturated carbocycles. The minimum absolute atomic E-state index is 0.00215. The van der Waals surface area contributed by atoms with Gasteiger partial charge in [0.2, 0.25) is 0 Å². The lowest BCUT2D eigenvalue weighted by molar-refractivity contribution is -0.139. The number of nitrogens with two attached hydrogens (primary N) is 1. The maximum atomic E-state index is 12.9. The number of benzene rings is 1. The van der Waals surface area contributed by atoms with E-state index >= 15 is 0 Å². The molecular weight excluding hydrogens is 291 g/mol. The van der Waals surface area contributed by atoms with Crippen LogP contribution in [-0.2, 0) is 10.9 Å². The van der Waals surface area contributed by atoms with Crippen molar-refractivity contribution in [3.8, 4) is 5.75 Å². The highest BCUT2D eigenvalue weighted by atomic mass is 32.1. The van der Waals surface area contributed by atoms with Gasteiger partial charge in [0.25, 0.3) is 0 Å². The second kappa shape index (κ2) is 6.90. The summed E-state index contributed by atoms with van der Waals surface area (Å²) in [7, 11) is 0. The fourth-order valence-corrected chi connectivity index (χ4v) is 1.59. The zero-order valence-electron chi connectivity index (χ0n) is 11.2. The first-order valence-electron chi connectivity index (χ1n) is 5.97. The van der Waals surface area contributed by atoms with Gasteiger partial charge in [-0.25, -0.2) is 0 Å². The molecule has 1 aromatic rings. The van der Waals surface area contributed by atoms with E-state index in [0.717, 1.165) is 6.07 Å². The molecule has 0 fully saturated rings. The molecule has 7 heteroatoms. The van der Waals surface area contributed by atoms with E-state index < -0.39 is 11.7 Å².